The van der Waals surface area contributed by atoms with E-state index in [4.69, 9.17) is 9.47 Å². The topological polar surface area (TPSA) is 151 Å². The Morgan fingerprint density at radius 3 is 1.10 bits per heavy atom. The molecular formula is C26H52N2O8S2Si2. The van der Waals surface area contributed by atoms with Crippen molar-refractivity contribution in [1.82, 2.24) is 10.6 Å². The van der Waals surface area contributed by atoms with Gasteiger partial charge in [-0.05, 0) is 54.4 Å². The van der Waals surface area contributed by atoms with E-state index in [9.17, 15) is 29.4 Å². The molecule has 2 amide bonds. The van der Waals surface area contributed by atoms with Crippen molar-refractivity contribution in [3.05, 3.63) is 0 Å². The molecule has 0 bridgehead atoms. The summed E-state index contributed by atoms with van der Waals surface area (Å²) in [5.74, 6) is -2.40. The largest absolute Gasteiger partial charge is 0.479 e. The van der Waals surface area contributed by atoms with Gasteiger partial charge in [-0.15, -0.1) is 0 Å². The Bertz CT molecular complexity index is 823. The van der Waals surface area contributed by atoms with Gasteiger partial charge >= 0.3 is 24.1 Å². The Labute approximate surface area is 250 Å². The number of aliphatic carboxylic acids is 2. The van der Waals surface area contributed by atoms with E-state index in [1.165, 1.54) is 0 Å². The van der Waals surface area contributed by atoms with E-state index in [1.54, 1.807) is 41.5 Å². The molecule has 0 aromatic rings. The Kier molecular flexibility index (Phi) is 14.2. The first-order chi connectivity index (χ1) is 17.7. The van der Waals surface area contributed by atoms with Crippen LogP contribution in [0.1, 0.15) is 54.4 Å². The number of ether oxygens (including phenoxy) is 2. The van der Waals surface area contributed by atoms with Crippen LogP contribution in [0.15, 0.2) is 0 Å². The van der Waals surface area contributed by atoms with Crippen LogP contribution < -0.4 is 10.6 Å². The minimum absolute atomic E-state index is 0.0210. The number of carboxylic acids is 2. The number of carboxylic acid groups (broad SMARTS) is 2. The SMILES string of the molecule is CC(C)(C)OC(=O)N[C@@](CC[Si](C)(C)C)(CSSC[C@](CC[Si](C)(C)C)(NC(=O)OC(C)(C)C)C(=O)O)C(=O)O. The summed E-state index contributed by atoms with van der Waals surface area (Å²) in [5, 5.41) is 25.8. The van der Waals surface area contributed by atoms with Gasteiger partial charge in [-0.25, -0.2) is 19.2 Å². The average molecular weight is 641 g/mol. The van der Waals surface area contributed by atoms with Crippen LogP contribution in [-0.4, -0.2) is 84.3 Å². The normalized spacial score (nSPS) is 15.8. The molecule has 0 aromatic heterocycles. The summed E-state index contributed by atoms with van der Waals surface area (Å²) in [6.45, 7) is 22.9. The van der Waals surface area contributed by atoms with Crippen LogP contribution >= 0.6 is 21.6 Å². The lowest BCUT2D eigenvalue weighted by Gasteiger charge is -2.35. The molecule has 40 heavy (non-hydrogen) atoms. The summed E-state index contributed by atoms with van der Waals surface area (Å²) >= 11 is 0. The van der Waals surface area contributed by atoms with Crippen LogP contribution in [-0.2, 0) is 19.1 Å². The Morgan fingerprint density at radius 2 is 0.900 bits per heavy atom. The number of nitrogens with one attached hydrogen (secondary N) is 2. The monoisotopic (exact) mass is 640 g/mol. The van der Waals surface area contributed by atoms with Crippen LogP contribution in [0.3, 0.4) is 0 Å². The first-order valence-corrected chi connectivity index (χ1v) is 23.3. The summed E-state index contributed by atoms with van der Waals surface area (Å²) in [7, 11) is -1.05. The summed E-state index contributed by atoms with van der Waals surface area (Å²) in [6.07, 6.45) is -1.23. The Hall–Kier alpha value is -1.39. The molecule has 2 atom stereocenters. The lowest BCUT2D eigenvalue weighted by molar-refractivity contribution is -0.144. The van der Waals surface area contributed by atoms with E-state index in [0.717, 1.165) is 21.6 Å². The zero-order valence-electron chi connectivity index (χ0n) is 26.4. The smallest absolute Gasteiger partial charge is 0.408 e. The number of carbonyl (C=O) groups is 4. The maximum atomic E-state index is 12.7. The maximum absolute atomic E-state index is 12.7. The molecule has 0 aliphatic carbocycles. The van der Waals surface area contributed by atoms with Crippen molar-refractivity contribution < 1.29 is 38.9 Å². The third-order valence-electron chi connectivity index (χ3n) is 5.60. The Balaban J connectivity index is 5.98. The van der Waals surface area contributed by atoms with Gasteiger partial charge in [-0.3, -0.25) is 0 Å². The summed E-state index contributed by atoms with van der Waals surface area (Å²) in [6, 6.07) is 1.30. The quantitative estimate of drug-likeness (QED) is 0.0884. The van der Waals surface area contributed by atoms with Crippen LogP contribution in [0.4, 0.5) is 9.59 Å². The molecule has 10 nitrogen and oxygen atoms in total. The standard InChI is InChI=1S/C26H52N2O8S2Si2/c1-23(2,3)35-21(33)27-25(19(29)30,13-15-39(7,8)9)17-37-38-18-26(20(31)32,14-16-40(10,11)12)28-22(34)36-24(4,5)6/h13-18H2,1-12H3,(H,27,33)(H,28,34)(H,29,30)(H,31,32)/t25-,26-/m0/s1. The van der Waals surface area contributed by atoms with Gasteiger partial charge in [0.1, 0.15) is 22.3 Å². The predicted octanol–water partition coefficient (Wildman–Crippen LogP) is 6.52. The van der Waals surface area contributed by atoms with Crippen molar-refractivity contribution in [3.63, 3.8) is 0 Å². The van der Waals surface area contributed by atoms with Crippen LogP contribution in [0.5, 0.6) is 0 Å². The van der Waals surface area contributed by atoms with E-state index >= 15 is 0 Å². The van der Waals surface area contributed by atoms with Gasteiger partial charge in [0.15, 0.2) is 0 Å². The number of amides is 2. The molecule has 14 heteroatoms. The van der Waals surface area contributed by atoms with Gasteiger partial charge in [0.25, 0.3) is 0 Å². The van der Waals surface area contributed by atoms with E-state index in [0.29, 0.717) is 12.1 Å². The third kappa shape index (κ3) is 16.2. The lowest BCUT2D eigenvalue weighted by atomic mass is 9.99. The average Bonchev–Trinajstić information content (AvgIpc) is 2.68. The zero-order valence-corrected chi connectivity index (χ0v) is 30.0. The molecule has 0 fully saturated rings. The summed E-state index contributed by atoms with van der Waals surface area (Å²) in [5.41, 5.74) is -4.83. The molecule has 0 radical (unpaired) electrons. The van der Waals surface area contributed by atoms with Crippen LogP contribution in [0.2, 0.25) is 51.4 Å². The van der Waals surface area contributed by atoms with E-state index in [1.807, 2.05) is 0 Å². The molecule has 4 N–H and O–H groups in total. The lowest BCUT2D eigenvalue weighted by Crippen LogP contribution is -2.58. The van der Waals surface area contributed by atoms with Crippen molar-refractivity contribution in [1.29, 1.82) is 0 Å². The molecule has 0 spiro atoms. The minimum Gasteiger partial charge on any atom is -0.479 e. The molecule has 0 aliphatic heterocycles. The highest BCUT2D eigenvalue weighted by Gasteiger charge is 2.45. The van der Waals surface area contributed by atoms with Crippen molar-refractivity contribution in [3.8, 4) is 0 Å². The number of carbonyl (C=O) groups excluding carboxylic acids is 2. The first kappa shape index (κ1) is 38.6. The minimum atomic E-state index is -1.68. The number of hydrogen-bond donors (Lipinski definition) is 4. The fraction of sp³-hybridized carbons (Fsp3) is 0.846. The van der Waals surface area contributed by atoms with Crippen molar-refractivity contribution in [2.45, 2.75) is 128 Å². The molecule has 0 aromatic carbocycles. The Morgan fingerprint density at radius 1 is 0.625 bits per heavy atom. The van der Waals surface area contributed by atoms with Gasteiger partial charge in [-0.1, -0.05) is 73.0 Å². The molecule has 0 aliphatic rings. The van der Waals surface area contributed by atoms with Gasteiger partial charge < -0.3 is 30.3 Å². The summed E-state index contributed by atoms with van der Waals surface area (Å²) < 4.78 is 10.7. The first-order valence-electron chi connectivity index (χ1n) is 13.4. The molecule has 234 valence electrons. The van der Waals surface area contributed by atoms with Gasteiger partial charge in [-0.2, -0.15) is 0 Å². The fourth-order valence-corrected chi connectivity index (χ4v) is 8.55. The molecule has 0 saturated heterocycles. The highest BCUT2D eigenvalue weighted by atomic mass is 33.1. The van der Waals surface area contributed by atoms with Gasteiger partial charge in [0.05, 0.1) is 0 Å². The van der Waals surface area contributed by atoms with Gasteiger partial charge in [0.2, 0.25) is 0 Å². The predicted molar refractivity (Wildman–Crippen MR) is 170 cm³/mol. The second kappa shape index (κ2) is 14.7. The number of alkyl carbamates (subject to hydrolysis) is 2. The summed E-state index contributed by atoms with van der Waals surface area (Å²) in [4.78, 5) is 50.5. The second-order valence-electron chi connectivity index (χ2n) is 14.7. The van der Waals surface area contributed by atoms with E-state index < -0.39 is 62.6 Å². The highest BCUT2D eigenvalue weighted by molar-refractivity contribution is 8.76. The molecular weight excluding hydrogens is 589 g/mol. The van der Waals surface area contributed by atoms with Gasteiger partial charge in [0, 0.05) is 27.7 Å². The van der Waals surface area contributed by atoms with E-state index in [-0.39, 0.29) is 24.3 Å². The third-order valence-corrected chi connectivity index (χ3v) is 11.7. The van der Waals surface area contributed by atoms with Crippen LogP contribution in [0.25, 0.3) is 0 Å². The van der Waals surface area contributed by atoms with Crippen LogP contribution in [0, 0.1) is 0 Å². The van der Waals surface area contributed by atoms with E-state index in [2.05, 4.69) is 49.9 Å². The van der Waals surface area contributed by atoms with Crippen molar-refractivity contribution in [2.24, 2.45) is 0 Å². The number of hydrogen-bond acceptors (Lipinski definition) is 8. The maximum Gasteiger partial charge on any atom is 0.408 e. The molecule has 0 saturated carbocycles. The molecule has 0 rings (SSSR count). The second-order valence-corrected chi connectivity index (χ2v) is 28.4. The fourth-order valence-electron chi connectivity index (χ4n) is 3.25. The molecule has 0 unspecified atom stereocenters. The van der Waals surface area contributed by atoms with Crippen molar-refractivity contribution >= 4 is 61.9 Å². The van der Waals surface area contributed by atoms with Crippen molar-refractivity contribution in [2.75, 3.05) is 11.5 Å². The zero-order chi connectivity index (χ0) is 31.8. The number of rotatable bonds is 15. The molecule has 0 heterocycles. The highest BCUT2D eigenvalue weighted by Crippen LogP contribution is 2.35.